The van der Waals surface area contributed by atoms with Crippen LogP contribution in [0.4, 0.5) is 4.39 Å². The fraction of sp³-hybridized carbons (Fsp3) is 0.600. The zero-order valence-electron chi connectivity index (χ0n) is 11.9. The van der Waals surface area contributed by atoms with E-state index in [1.165, 1.54) is 6.07 Å². The number of halogens is 2. The summed E-state index contributed by atoms with van der Waals surface area (Å²) >= 11 is 5.88. The lowest BCUT2D eigenvalue weighted by molar-refractivity contribution is 0.240. The lowest BCUT2D eigenvalue weighted by Gasteiger charge is -2.33. The second kappa shape index (κ2) is 5.58. The van der Waals surface area contributed by atoms with E-state index in [0.29, 0.717) is 17.1 Å². The average Bonchev–Trinajstić information content (AvgIpc) is 2.16. The molecule has 1 aromatic rings. The topological polar surface area (TPSA) is 12.0 Å². The molecular weight excluding hydrogens is 249 g/mol. The summed E-state index contributed by atoms with van der Waals surface area (Å²) in [6, 6.07) is 4.66. The van der Waals surface area contributed by atoms with Crippen molar-refractivity contribution in [3.63, 3.8) is 0 Å². The molecule has 1 nitrogen and oxygen atoms in total. The van der Waals surface area contributed by atoms with Gasteiger partial charge in [-0.05, 0) is 43.9 Å². The van der Waals surface area contributed by atoms with Crippen molar-refractivity contribution in [2.24, 2.45) is 5.41 Å². The monoisotopic (exact) mass is 271 g/mol. The Morgan fingerprint density at radius 3 is 2.33 bits per heavy atom. The number of nitrogens with one attached hydrogen (secondary N) is 1. The van der Waals surface area contributed by atoms with E-state index in [1.54, 1.807) is 12.1 Å². The molecule has 18 heavy (non-hydrogen) atoms. The van der Waals surface area contributed by atoms with Gasteiger partial charge in [-0.3, -0.25) is 0 Å². The normalized spacial score (nSPS) is 12.8. The van der Waals surface area contributed by atoms with Crippen LogP contribution in [0.15, 0.2) is 18.2 Å². The maximum atomic E-state index is 13.6. The molecule has 0 atom stereocenters. The first-order chi connectivity index (χ1) is 8.09. The fourth-order valence-electron chi connectivity index (χ4n) is 2.40. The molecule has 0 heterocycles. The highest BCUT2D eigenvalue weighted by Gasteiger charge is 2.25. The van der Waals surface area contributed by atoms with Crippen molar-refractivity contribution in [2.75, 3.05) is 0 Å². The molecule has 0 saturated carbocycles. The Morgan fingerprint density at radius 1 is 1.17 bits per heavy atom. The molecule has 1 aromatic carbocycles. The highest BCUT2D eigenvalue weighted by atomic mass is 35.5. The van der Waals surface area contributed by atoms with Gasteiger partial charge in [0, 0.05) is 22.7 Å². The van der Waals surface area contributed by atoms with Crippen molar-refractivity contribution >= 4 is 11.6 Å². The Kier molecular flexibility index (Phi) is 4.79. The number of benzene rings is 1. The van der Waals surface area contributed by atoms with Crippen molar-refractivity contribution in [1.29, 1.82) is 0 Å². The highest BCUT2D eigenvalue weighted by Crippen LogP contribution is 2.27. The largest absolute Gasteiger partial charge is 0.308 e. The van der Waals surface area contributed by atoms with Gasteiger partial charge < -0.3 is 5.32 Å². The number of rotatable bonds is 4. The zero-order valence-corrected chi connectivity index (χ0v) is 12.7. The van der Waals surface area contributed by atoms with Gasteiger partial charge in [-0.2, -0.15) is 0 Å². The van der Waals surface area contributed by atoms with Gasteiger partial charge in [0.25, 0.3) is 0 Å². The molecule has 0 aliphatic heterocycles. The van der Waals surface area contributed by atoms with E-state index in [-0.39, 0.29) is 16.8 Å². The first kappa shape index (κ1) is 15.5. The lowest BCUT2D eigenvalue weighted by Crippen LogP contribution is -2.42. The zero-order chi connectivity index (χ0) is 14.0. The van der Waals surface area contributed by atoms with Gasteiger partial charge in [0.15, 0.2) is 0 Å². The smallest absolute Gasteiger partial charge is 0.127 e. The fourth-order valence-corrected chi connectivity index (χ4v) is 2.60. The summed E-state index contributed by atoms with van der Waals surface area (Å²) in [4.78, 5) is 0. The summed E-state index contributed by atoms with van der Waals surface area (Å²) in [7, 11) is 0. The van der Waals surface area contributed by atoms with Crippen LogP contribution in [-0.4, -0.2) is 5.54 Å². The Morgan fingerprint density at radius 2 is 1.78 bits per heavy atom. The third-order valence-corrected chi connectivity index (χ3v) is 2.97. The molecule has 102 valence electrons. The first-order valence-corrected chi connectivity index (χ1v) is 6.66. The van der Waals surface area contributed by atoms with Gasteiger partial charge in [-0.25, -0.2) is 4.39 Å². The van der Waals surface area contributed by atoms with Gasteiger partial charge in [-0.15, -0.1) is 0 Å². The molecule has 0 unspecified atom stereocenters. The van der Waals surface area contributed by atoms with E-state index in [0.717, 1.165) is 6.42 Å². The van der Waals surface area contributed by atoms with Crippen LogP contribution in [0.3, 0.4) is 0 Å². The van der Waals surface area contributed by atoms with E-state index in [1.807, 2.05) is 0 Å². The molecule has 0 fully saturated rings. The molecule has 0 aliphatic carbocycles. The number of hydrogen-bond acceptors (Lipinski definition) is 1. The minimum Gasteiger partial charge on any atom is -0.308 e. The van der Waals surface area contributed by atoms with E-state index in [2.05, 4.69) is 39.9 Å². The van der Waals surface area contributed by atoms with Crippen LogP contribution in [0.1, 0.15) is 46.6 Å². The maximum absolute atomic E-state index is 13.6. The van der Waals surface area contributed by atoms with Crippen molar-refractivity contribution in [1.82, 2.24) is 5.32 Å². The van der Waals surface area contributed by atoms with Gasteiger partial charge >= 0.3 is 0 Å². The average molecular weight is 272 g/mol. The maximum Gasteiger partial charge on any atom is 0.127 e. The minimum absolute atomic E-state index is 0.0347. The second-order valence-electron chi connectivity index (χ2n) is 6.71. The van der Waals surface area contributed by atoms with Crippen molar-refractivity contribution in [2.45, 2.75) is 53.1 Å². The van der Waals surface area contributed by atoms with Crippen LogP contribution in [0.25, 0.3) is 0 Å². The minimum atomic E-state index is -0.210. The lowest BCUT2D eigenvalue weighted by atomic mass is 9.82. The van der Waals surface area contributed by atoms with Gasteiger partial charge in [-0.1, -0.05) is 32.4 Å². The molecule has 0 radical (unpaired) electrons. The molecule has 0 aromatic heterocycles. The molecule has 0 bridgehead atoms. The first-order valence-electron chi connectivity index (χ1n) is 6.28. The van der Waals surface area contributed by atoms with Crippen LogP contribution in [0.2, 0.25) is 5.02 Å². The van der Waals surface area contributed by atoms with E-state index < -0.39 is 0 Å². The summed E-state index contributed by atoms with van der Waals surface area (Å²) in [6.45, 7) is 11.4. The molecular formula is C15H23ClFN. The Labute approximate surface area is 115 Å². The predicted octanol–water partition coefficient (Wildman–Crippen LogP) is 4.78. The summed E-state index contributed by atoms with van der Waals surface area (Å²) in [5.74, 6) is -0.210. The second-order valence-corrected chi connectivity index (χ2v) is 7.15. The van der Waals surface area contributed by atoms with Gasteiger partial charge in [0.1, 0.15) is 5.82 Å². The van der Waals surface area contributed by atoms with Crippen LogP contribution in [0, 0.1) is 11.2 Å². The van der Waals surface area contributed by atoms with Gasteiger partial charge in [0.05, 0.1) is 0 Å². The molecule has 0 amide bonds. The van der Waals surface area contributed by atoms with Crippen molar-refractivity contribution in [3.05, 3.63) is 34.6 Å². The molecule has 1 rings (SSSR count). The number of hydrogen-bond donors (Lipinski definition) is 1. The molecule has 1 N–H and O–H groups in total. The van der Waals surface area contributed by atoms with E-state index >= 15 is 0 Å². The Bertz CT molecular complexity index is 407. The van der Waals surface area contributed by atoms with Crippen LogP contribution < -0.4 is 5.32 Å². The summed E-state index contributed by atoms with van der Waals surface area (Å²) in [5, 5.41) is 3.97. The Hall–Kier alpha value is -0.600. The molecule has 0 spiro atoms. The summed E-state index contributed by atoms with van der Waals surface area (Å²) < 4.78 is 13.6. The van der Waals surface area contributed by atoms with Crippen LogP contribution in [0.5, 0.6) is 0 Å². The van der Waals surface area contributed by atoms with Crippen molar-refractivity contribution < 1.29 is 4.39 Å². The van der Waals surface area contributed by atoms with Crippen molar-refractivity contribution in [3.8, 4) is 0 Å². The molecule has 3 heteroatoms. The van der Waals surface area contributed by atoms with E-state index in [9.17, 15) is 4.39 Å². The third kappa shape index (κ3) is 5.36. The SMILES string of the molecule is CC(C)(C)CC(C)(C)NCc1cc(Cl)ccc1F. The summed E-state index contributed by atoms with van der Waals surface area (Å²) in [5.41, 5.74) is 0.820. The highest BCUT2D eigenvalue weighted by molar-refractivity contribution is 6.30. The predicted molar refractivity (Wildman–Crippen MR) is 76.4 cm³/mol. The van der Waals surface area contributed by atoms with Gasteiger partial charge in [0.2, 0.25) is 0 Å². The Balaban J connectivity index is 2.67. The third-order valence-electron chi connectivity index (χ3n) is 2.74. The van der Waals surface area contributed by atoms with Crippen LogP contribution in [-0.2, 0) is 6.54 Å². The van der Waals surface area contributed by atoms with E-state index in [4.69, 9.17) is 11.6 Å². The quantitative estimate of drug-likeness (QED) is 0.831. The molecule has 0 saturated heterocycles. The summed E-state index contributed by atoms with van der Waals surface area (Å²) in [6.07, 6.45) is 1.02. The van der Waals surface area contributed by atoms with Crippen LogP contribution >= 0.6 is 11.6 Å². The standard InChI is InChI=1S/C15H23ClFN/c1-14(2,3)10-15(4,5)18-9-11-8-12(16)6-7-13(11)17/h6-8,18H,9-10H2,1-5H3. The molecule has 0 aliphatic rings.